The molecule has 6 heteroatoms. The molecule has 0 aliphatic heterocycles. The number of fused-ring (bicyclic) bond motifs is 4. The maximum atomic E-state index is 11.9. The van der Waals surface area contributed by atoms with Crippen molar-refractivity contribution < 1.29 is 9.21 Å². The summed E-state index contributed by atoms with van der Waals surface area (Å²) < 4.78 is 8.45. The minimum Gasteiger partial charge on any atom is -0.455 e. The number of halogens is 1. The lowest BCUT2D eigenvalue weighted by Gasteiger charge is -2.10. The quantitative estimate of drug-likeness (QED) is 0.285. The van der Waals surface area contributed by atoms with E-state index in [0.717, 1.165) is 56.0 Å². The Balaban J connectivity index is 0.00000267. The second kappa shape index (κ2) is 9.53. The molecule has 4 N–H and O–H groups in total. The van der Waals surface area contributed by atoms with Gasteiger partial charge in [-0.2, -0.15) is 0 Å². The van der Waals surface area contributed by atoms with Crippen molar-refractivity contribution in [3.63, 3.8) is 0 Å². The summed E-state index contributed by atoms with van der Waals surface area (Å²) in [7, 11) is 0. The highest BCUT2D eigenvalue weighted by Crippen LogP contribution is 2.37. The molecule has 6 rings (SSSR count). The smallest absolute Gasteiger partial charge is 0.249 e. The van der Waals surface area contributed by atoms with Crippen molar-refractivity contribution in [2.45, 2.75) is 13.0 Å². The lowest BCUT2D eigenvalue weighted by molar-refractivity contribution is 0.0999. The fraction of sp³-hybridized carbons (Fsp3) is 0.100. The fourth-order valence-corrected chi connectivity index (χ4v) is 5.08. The number of nitrogens with zero attached hydrogens (tertiary/aromatic N) is 1. The molecule has 0 saturated carbocycles. The lowest BCUT2D eigenvalue weighted by Crippen LogP contribution is -2.15. The van der Waals surface area contributed by atoms with Gasteiger partial charge in [0.25, 0.3) is 0 Å². The van der Waals surface area contributed by atoms with Gasteiger partial charge in [0.05, 0.1) is 0 Å². The van der Waals surface area contributed by atoms with Gasteiger partial charge >= 0.3 is 0 Å². The Morgan fingerprint density at radius 2 is 1.61 bits per heavy atom. The Hall–Kier alpha value is -4.06. The molecule has 5 nitrogen and oxygen atoms in total. The molecule has 2 heterocycles. The zero-order valence-electron chi connectivity index (χ0n) is 19.6. The molecular weight excluding hydrogens is 470 g/mol. The van der Waals surface area contributed by atoms with Gasteiger partial charge in [-0.3, -0.25) is 4.79 Å². The maximum Gasteiger partial charge on any atom is 0.249 e. The van der Waals surface area contributed by atoms with Gasteiger partial charge in [-0.1, -0.05) is 60.7 Å². The minimum absolute atomic E-state index is 0. The van der Waals surface area contributed by atoms with Gasteiger partial charge in [-0.25, -0.2) is 0 Å². The number of nitrogens with two attached hydrogens (primary N) is 2. The van der Waals surface area contributed by atoms with Crippen LogP contribution in [0.25, 0.3) is 44.0 Å². The van der Waals surface area contributed by atoms with E-state index in [1.807, 2.05) is 36.4 Å². The molecule has 6 aromatic rings. The molecule has 0 unspecified atom stereocenters. The van der Waals surface area contributed by atoms with Crippen molar-refractivity contribution in [1.29, 1.82) is 0 Å². The second-order valence-electron chi connectivity index (χ2n) is 8.85. The van der Waals surface area contributed by atoms with Crippen LogP contribution in [0, 0.1) is 0 Å². The first-order valence-corrected chi connectivity index (χ1v) is 11.7. The Labute approximate surface area is 214 Å². The Morgan fingerprint density at radius 3 is 2.44 bits per heavy atom. The summed E-state index contributed by atoms with van der Waals surface area (Å²) in [6.45, 7) is 1.11. The minimum atomic E-state index is -0.416. The lowest BCUT2D eigenvalue weighted by atomic mass is 9.99. The summed E-state index contributed by atoms with van der Waals surface area (Å²) >= 11 is 0. The van der Waals surface area contributed by atoms with E-state index in [4.69, 9.17) is 15.9 Å². The molecule has 0 radical (unpaired) electrons. The van der Waals surface area contributed by atoms with E-state index in [0.29, 0.717) is 18.7 Å². The van der Waals surface area contributed by atoms with Gasteiger partial charge in [-0.15, -0.1) is 12.4 Å². The van der Waals surface area contributed by atoms with Gasteiger partial charge in [0.1, 0.15) is 11.2 Å². The average molecular weight is 496 g/mol. The van der Waals surface area contributed by atoms with Crippen LogP contribution >= 0.6 is 12.4 Å². The molecule has 0 spiro atoms. The number of benzene rings is 4. The van der Waals surface area contributed by atoms with Gasteiger partial charge in [0.2, 0.25) is 5.91 Å². The van der Waals surface area contributed by atoms with Crippen molar-refractivity contribution in [1.82, 2.24) is 4.57 Å². The Morgan fingerprint density at radius 1 is 0.833 bits per heavy atom. The van der Waals surface area contributed by atoms with Crippen molar-refractivity contribution in [2.75, 3.05) is 6.54 Å². The number of carbonyl (C=O) groups excluding carboxylic acids is 1. The number of carbonyl (C=O) groups is 1. The Bertz CT molecular complexity index is 1730. The van der Waals surface area contributed by atoms with Crippen molar-refractivity contribution in [2.24, 2.45) is 11.5 Å². The van der Waals surface area contributed by atoms with Crippen LogP contribution in [-0.4, -0.2) is 17.0 Å². The summed E-state index contributed by atoms with van der Waals surface area (Å²) in [5, 5.41) is 3.38. The van der Waals surface area contributed by atoms with Gasteiger partial charge in [0, 0.05) is 45.5 Å². The molecule has 0 bridgehead atoms. The van der Waals surface area contributed by atoms with Crippen LogP contribution in [0.4, 0.5) is 0 Å². The van der Waals surface area contributed by atoms with Crippen LogP contribution in [0.1, 0.15) is 21.5 Å². The molecule has 0 aliphatic carbocycles. The van der Waals surface area contributed by atoms with Crippen LogP contribution < -0.4 is 11.5 Å². The fourth-order valence-electron chi connectivity index (χ4n) is 5.08. The topological polar surface area (TPSA) is 87.2 Å². The normalized spacial score (nSPS) is 11.2. The zero-order valence-corrected chi connectivity index (χ0v) is 20.4. The number of aromatic nitrogens is 1. The van der Waals surface area contributed by atoms with Gasteiger partial charge < -0.3 is 20.5 Å². The molecule has 0 aliphatic rings. The number of hydrogen-bond donors (Lipinski definition) is 2. The van der Waals surface area contributed by atoms with E-state index in [2.05, 4.69) is 53.2 Å². The van der Waals surface area contributed by atoms with Crippen LogP contribution in [0.2, 0.25) is 0 Å². The first kappa shape index (κ1) is 23.7. The summed E-state index contributed by atoms with van der Waals surface area (Å²) in [6, 6.07) is 28.4. The SMILES string of the molecule is Cl.NCCc1cn(Cc2ccccc2C(N)=O)c2ccc(-c3cccc4c3oc3ccccc34)cc12. The first-order chi connectivity index (χ1) is 17.1. The van der Waals surface area contributed by atoms with Crippen LogP contribution in [0.3, 0.4) is 0 Å². The highest BCUT2D eigenvalue weighted by atomic mass is 35.5. The third-order valence-electron chi connectivity index (χ3n) is 6.72. The van der Waals surface area contributed by atoms with Crippen molar-refractivity contribution in [3.8, 4) is 11.1 Å². The number of hydrogen-bond acceptors (Lipinski definition) is 3. The van der Waals surface area contributed by atoms with Crippen LogP contribution in [0.15, 0.2) is 95.5 Å². The summed E-state index contributed by atoms with van der Waals surface area (Å²) in [5.41, 5.74) is 19.2. The van der Waals surface area contributed by atoms with Crippen LogP contribution in [-0.2, 0) is 13.0 Å². The third kappa shape index (κ3) is 3.92. The molecular formula is C30H26ClN3O2. The zero-order chi connectivity index (χ0) is 23.9. The van der Waals surface area contributed by atoms with E-state index in [1.165, 1.54) is 5.56 Å². The highest BCUT2D eigenvalue weighted by molar-refractivity contribution is 6.10. The van der Waals surface area contributed by atoms with Crippen molar-refractivity contribution in [3.05, 3.63) is 108 Å². The molecule has 180 valence electrons. The number of furan rings is 1. The Kier molecular flexibility index (Phi) is 6.27. The molecule has 0 fully saturated rings. The molecule has 36 heavy (non-hydrogen) atoms. The summed E-state index contributed by atoms with van der Waals surface area (Å²) in [4.78, 5) is 11.9. The number of para-hydroxylation sites is 2. The molecule has 1 amide bonds. The highest BCUT2D eigenvalue weighted by Gasteiger charge is 2.16. The maximum absolute atomic E-state index is 11.9. The third-order valence-corrected chi connectivity index (χ3v) is 6.72. The number of rotatable bonds is 6. The van der Waals surface area contributed by atoms with E-state index in [1.54, 1.807) is 6.07 Å². The van der Waals surface area contributed by atoms with E-state index in [9.17, 15) is 4.79 Å². The number of amides is 1. The standard InChI is InChI=1S/C30H25N3O2.ClH/c31-15-14-21-18-33(17-20-6-1-2-7-23(20)30(32)34)27-13-12-19(16-26(21)27)22-9-5-10-25-24-8-3-4-11-28(24)35-29(22)25;/h1-13,16,18H,14-15,17,31H2,(H2,32,34);1H. The predicted molar refractivity (Wildman–Crippen MR) is 149 cm³/mol. The first-order valence-electron chi connectivity index (χ1n) is 11.7. The second-order valence-corrected chi connectivity index (χ2v) is 8.85. The van der Waals surface area contributed by atoms with E-state index in [-0.39, 0.29) is 12.4 Å². The average Bonchev–Trinajstić information content (AvgIpc) is 3.42. The summed E-state index contributed by atoms with van der Waals surface area (Å²) in [6.07, 6.45) is 2.90. The van der Waals surface area contributed by atoms with Gasteiger partial charge in [0.15, 0.2) is 0 Å². The largest absolute Gasteiger partial charge is 0.455 e. The van der Waals surface area contributed by atoms with Crippen LogP contribution in [0.5, 0.6) is 0 Å². The predicted octanol–water partition coefficient (Wildman–Crippen LogP) is 6.28. The molecule has 4 aromatic carbocycles. The van der Waals surface area contributed by atoms with E-state index >= 15 is 0 Å². The number of primary amides is 1. The molecule has 0 saturated heterocycles. The summed E-state index contributed by atoms with van der Waals surface area (Å²) in [5.74, 6) is -0.416. The molecule has 0 atom stereocenters. The molecule has 2 aromatic heterocycles. The monoisotopic (exact) mass is 495 g/mol. The van der Waals surface area contributed by atoms with E-state index < -0.39 is 5.91 Å². The van der Waals surface area contributed by atoms with Crippen molar-refractivity contribution >= 4 is 51.2 Å². The van der Waals surface area contributed by atoms with Gasteiger partial charge in [-0.05, 0) is 53.9 Å².